The number of benzene rings is 3. The van der Waals surface area contributed by atoms with Gasteiger partial charge in [-0.2, -0.15) is 0 Å². The van der Waals surface area contributed by atoms with Crippen molar-refractivity contribution >= 4 is 28.5 Å². The molecule has 4 aromatic rings. The van der Waals surface area contributed by atoms with Crippen LogP contribution in [0, 0.1) is 10.8 Å². The molecule has 2 aliphatic rings. The number of aromatic hydroxyl groups is 2. The minimum Gasteiger partial charge on any atom is -0.507 e. The topological polar surface area (TPSA) is 95.9 Å². The van der Waals surface area contributed by atoms with Crippen LogP contribution in [0.25, 0.3) is 22.8 Å². The summed E-state index contributed by atoms with van der Waals surface area (Å²) in [6, 6.07) is 16.0. The molecule has 0 spiro atoms. The molecule has 1 aliphatic heterocycles. The average Bonchev–Trinajstić information content (AvgIpc) is 3.33. The maximum absolute atomic E-state index is 12.0. The van der Waals surface area contributed by atoms with E-state index in [0.717, 1.165) is 44.8 Å². The van der Waals surface area contributed by atoms with Crippen molar-refractivity contribution < 1.29 is 10.2 Å². The van der Waals surface area contributed by atoms with Crippen molar-refractivity contribution in [3.05, 3.63) is 106 Å². The van der Waals surface area contributed by atoms with Crippen LogP contribution in [-0.4, -0.2) is 43.2 Å². The predicted octanol–water partition coefficient (Wildman–Crippen LogP) is 9.82. The van der Waals surface area contributed by atoms with Crippen molar-refractivity contribution in [3.63, 3.8) is 0 Å². The average molecular weight is 670 g/mol. The Kier molecular flexibility index (Phi) is 8.78. The van der Waals surface area contributed by atoms with Crippen LogP contribution >= 0.6 is 0 Å². The number of phenols is 2. The predicted molar refractivity (Wildman–Crippen MR) is 207 cm³/mol. The Morgan fingerprint density at radius 2 is 1.32 bits per heavy atom. The van der Waals surface area contributed by atoms with Crippen LogP contribution in [-0.2, 0) is 17.3 Å². The van der Waals surface area contributed by atoms with E-state index in [1.165, 1.54) is 4.80 Å². The summed E-state index contributed by atoms with van der Waals surface area (Å²) >= 11 is 0. The quantitative estimate of drug-likeness (QED) is 0.214. The third-order valence-electron chi connectivity index (χ3n) is 11.6. The molecule has 2 heterocycles. The molecule has 0 bridgehead atoms. The van der Waals surface area contributed by atoms with Crippen molar-refractivity contribution in [1.82, 2.24) is 15.0 Å². The SMILES string of the molecule is CC(C)(C)C(C)(C)c1cc(C=C2CN=C3C=CC=CCC3=N2)c(O)c(Cc2cc(C(C)(C)C(C)(C)C)cc(-n3nc4ccccc4n3)c2O)c1. The zero-order chi connectivity index (χ0) is 36.2. The molecule has 0 atom stereocenters. The monoisotopic (exact) mass is 669 g/mol. The second kappa shape index (κ2) is 12.5. The number of aliphatic imine (C=N–C) groups is 2. The third-order valence-corrected chi connectivity index (χ3v) is 11.6. The van der Waals surface area contributed by atoms with Crippen molar-refractivity contribution in [3.8, 4) is 17.2 Å². The van der Waals surface area contributed by atoms with Crippen LogP contribution in [0.1, 0.15) is 103 Å². The first-order chi connectivity index (χ1) is 23.4. The molecule has 2 N–H and O–H groups in total. The molecule has 6 rings (SSSR count). The molecular formula is C43H51N5O2. The van der Waals surface area contributed by atoms with Gasteiger partial charge in [0, 0.05) is 24.0 Å². The standard InChI is InChI=1S/C43H51N5O2/c1-40(2,3)42(7,8)30-21-27(38(49)29(23-30)24-32-26-44-33-16-12-11-13-17-34(33)45-32)20-28-22-31(43(9,10)41(4,5)6)25-37(39(28)50)48-46-35-18-14-15-19-36(35)47-48/h11-16,18-19,21-25,49-50H,17,20,26H2,1-10H3. The zero-order valence-electron chi connectivity index (χ0n) is 31.3. The first-order valence-corrected chi connectivity index (χ1v) is 17.6. The molecule has 50 heavy (non-hydrogen) atoms. The van der Waals surface area contributed by atoms with E-state index in [1.54, 1.807) is 0 Å². The summed E-state index contributed by atoms with van der Waals surface area (Å²) in [6.45, 7) is 22.8. The van der Waals surface area contributed by atoms with E-state index in [-0.39, 0.29) is 33.2 Å². The van der Waals surface area contributed by atoms with E-state index in [2.05, 4.69) is 93.5 Å². The van der Waals surface area contributed by atoms with Crippen LogP contribution in [0.3, 0.4) is 0 Å². The molecule has 7 heteroatoms. The van der Waals surface area contributed by atoms with Gasteiger partial charge in [-0.15, -0.1) is 15.0 Å². The number of allylic oxidation sites excluding steroid dienone is 4. The van der Waals surface area contributed by atoms with Crippen molar-refractivity contribution in [2.45, 2.75) is 92.9 Å². The van der Waals surface area contributed by atoms with Gasteiger partial charge < -0.3 is 10.2 Å². The van der Waals surface area contributed by atoms with Gasteiger partial charge in [-0.1, -0.05) is 112 Å². The number of hydrogen-bond acceptors (Lipinski definition) is 6. The minimum absolute atomic E-state index is 0.0747. The molecule has 0 fully saturated rings. The van der Waals surface area contributed by atoms with E-state index in [4.69, 9.17) is 20.2 Å². The number of phenolic OH excluding ortho intramolecular Hbond substituents is 2. The Balaban J connectivity index is 1.53. The van der Waals surface area contributed by atoms with E-state index in [0.29, 0.717) is 36.2 Å². The van der Waals surface area contributed by atoms with Crippen LogP contribution in [0.4, 0.5) is 0 Å². The molecule has 1 aliphatic carbocycles. The molecule has 0 radical (unpaired) electrons. The fourth-order valence-corrected chi connectivity index (χ4v) is 6.17. The lowest BCUT2D eigenvalue weighted by Gasteiger charge is -2.40. The maximum atomic E-state index is 12.0. The molecular weight excluding hydrogens is 619 g/mol. The first-order valence-electron chi connectivity index (χ1n) is 17.6. The summed E-state index contributed by atoms with van der Waals surface area (Å²) in [5.74, 6) is 0.263. The van der Waals surface area contributed by atoms with E-state index < -0.39 is 0 Å². The van der Waals surface area contributed by atoms with E-state index in [9.17, 15) is 10.2 Å². The Labute approximate surface area is 296 Å². The molecule has 7 nitrogen and oxygen atoms in total. The molecule has 0 amide bonds. The van der Waals surface area contributed by atoms with Gasteiger partial charge in [0.2, 0.25) is 0 Å². The van der Waals surface area contributed by atoms with Crippen LogP contribution in [0.15, 0.2) is 88.5 Å². The number of hydrogen-bond donors (Lipinski definition) is 2. The number of fused-ring (bicyclic) bond motifs is 2. The van der Waals surface area contributed by atoms with Gasteiger partial charge in [-0.3, -0.25) is 9.98 Å². The summed E-state index contributed by atoms with van der Waals surface area (Å²) in [5.41, 5.74) is 8.23. The highest BCUT2D eigenvalue weighted by Crippen LogP contribution is 2.46. The molecule has 3 aromatic carbocycles. The number of rotatable bonds is 6. The van der Waals surface area contributed by atoms with Gasteiger partial charge in [-0.25, -0.2) is 0 Å². The fraction of sp³-hybridized carbons (Fsp3) is 0.395. The third kappa shape index (κ3) is 6.46. The summed E-state index contributed by atoms with van der Waals surface area (Å²) < 4.78 is 0. The first kappa shape index (κ1) is 35.1. The lowest BCUT2D eigenvalue weighted by molar-refractivity contribution is 0.225. The van der Waals surface area contributed by atoms with Gasteiger partial charge in [0.05, 0.1) is 23.7 Å². The van der Waals surface area contributed by atoms with Gasteiger partial charge in [0.1, 0.15) is 28.2 Å². The van der Waals surface area contributed by atoms with Crippen LogP contribution in [0.5, 0.6) is 11.5 Å². The summed E-state index contributed by atoms with van der Waals surface area (Å²) in [6.07, 6.45) is 11.1. The highest BCUT2D eigenvalue weighted by Gasteiger charge is 2.37. The number of aromatic nitrogens is 3. The summed E-state index contributed by atoms with van der Waals surface area (Å²) in [5, 5.41) is 33.5. The van der Waals surface area contributed by atoms with Crippen molar-refractivity contribution in [2.24, 2.45) is 20.8 Å². The highest BCUT2D eigenvalue weighted by molar-refractivity contribution is 6.47. The van der Waals surface area contributed by atoms with Crippen molar-refractivity contribution in [2.75, 3.05) is 6.54 Å². The molecule has 0 unspecified atom stereocenters. The molecule has 1 aromatic heterocycles. The largest absolute Gasteiger partial charge is 0.507 e. The van der Waals surface area contributed by atoms with E-state index >= 15 is 0 Å². The number of nitrogens with zero attached hydrogens (tertiary/aromatic N) is 5. The second-order valence-corrected chi connectivity index (χ2v) is 16.9. The van der Waals surface area contributed by atoms with Gasteiger partial charge in [-0.05, 0) is 74.8 Å². The Morgan fingerprint density at radius 3 is 1.92 bits per heavy atom. The maximum Gasteiger partial charge on any atom is 0.146 e. The fourth-order valence-electron chi connectivity index (χ4n) is 6.17. The minimum atomic E-state index is -0.271. The Morgan fingerprint density at radius 1 is 0.740 bits per heavy atom. The van der Waals surface area contributed by atoms with Crippen LogP contribution < -0.4 is 0 Å². The lowest BCUT2D eigenvalue weighted by Crippen LogP contribution is -2.34. The smallest absolute Gasteiger partial charge is 0.146 e. The molecule has 0 saturated heterocycles. The second-order valence-electron chi connectivity index (χ2n) is 16.9. The summed E-state index contributed by atoms with van der Waals surface area (Å²) in [4.78, 5) is 11.3. The Hall–Kier alpha value is -4.78. The highest BCUT2D eigenvalue weighted by atomic mass is 16.3. The summed E-state index contributed by atoms with van der Waals surface area (Å²) in [7, 11) is 0. The molecule has 260 valence electrons. The van der Waals surface area contributed by atoms with E-state index in [1.807, 2.05) is 54.6 Å². The van der Waals surface area contributed by atoms with Gasteiger partial charge in [0.25, 0.3) is 0 Å². The normalized spacial score (nSPS) is 16.4. The molecule has 0 saturated carbocycles. The van der Waals surface area contributed by atoms with Crippen molar-refractivity contribution in [1.29, 1.82) is 0 Å². The lowest BCUT2D eigenvalue weighted by atomic mass is 9.64. The van der Waals surface area contributed by atoms with Gasteiger partial charge in [0.15, 0.2) is 0 Å². The van der Waals surface area contributed by atoms with Gasteiger partial charge >= 0.3 is 0 Å². The van der Waals surface area contributed by atoms with Crippen LogP contribution in [0.2, 0.25) is 0 Å². The Bertz CT molecular complexity index is 2090. The zero-order valence-corrected chi connectivity index (χ0v) is 31.3.